The molecule has 2 fully saturated rings. The second-order valence-electron chi connectivity index (χ2n) is 8.02. The molecule has 1 spiro atoms. The monoisotopic (exact) mass is 367 g/mol. The molecule has 0 aliphatic carbocycles. The smallest absolute Gasteiger partial charge is 0.303 e. The van der Waals surface area contributed by atoms with Crippen molar-refractivity contribution in [2.75, 3.05) is 26.2 Å². The molecule has 2 heterocycles. The van der Waals surface area contributed by atoms with E-state index in [1.165, 1.54) is 0 Å². The molecule has 1 atom stereocenters. The number of rotatable bonds is 8. The molecular weight excluding hydrogens is 334 g/mol. The Morgan fingerprint density at radius 3 is 2.46 bits per heavy atom. The van der Waals surface area contributed by atoms with Crippen molar-refractivity contribution in [3.8, 4) is 0 Å². The zero-order valence-corrected chi connectivity index (χ0v) is 16.3. The molecule has 7 heteroatoms. The standard InChI is InChI=1S/C19H33N3O4/c1-4-9-22-17(25)15(13-14(2)3)20-18(26)19(22)7-11-21(12-8-19)10-5-6-16(23)24/h14-15H,4-13H2,1-3H3,(H,20,26)(H,23,24). The molecule has 2 aliphatic heterocycles. The normalized spacial score (nSPS) is 23.5. The average molecular weight is 367 g/mol. The summed E-state index contributed by atoms with van der Waals surface area (Å²) in [6, 6.07) is -0.409. The summed E-state index contributed by atoms with van der Waals surface area (Å²) in [6.07, 6.45) is 3.51. The fourth-order valence-electron chi connectivity index (χ4n) is 4.15. The molecule has 0 bridgehead atoms. The van der Waals surface area contributed by atoms with Crippen LogP contribution in [0.25, 0.3) is 0 Å². The molecule has 0 aromatic carbocycles. The maximum atomic E-state index is 13.0. The van der Waals surface area contributed by atoms with Gasteiger partial charge >= 0.3 is 5.97 Å². The van der Waals surface area contributed by atoms with E-state index in [0.717, 1.165) is 26.1 Å². The van der Waals surface area contributed by atoms with Crippen LogP contribution >= 0.6 is 0 Å². The van der Waals surface area contributed by atoms with E-state index >= 15 is 0 Å². The average Bonchev–Trinajstić information content (AvgIpc) is 2.57. The van der Waals surface area contributed by atoms with E-state index < -0.39 is 17.6 Å². The maximum absolute atomic E-state index is 13.0. The molecule has 148 valence electrons. The van der Waals surface area contributed by atoms with E-state index in [1.807, 2.05) is 11.8 Å². The van der Waals surface area contributed by atoms with Crippen LogP contribution in [0.5, 0.6) is 0 Å². The molecule has 7 nitrogen and oxygen atoms in total. The Hall–Kier alpha value is -1.63. The molecule has 0 radical (unpaired) electrons. The molecule has 2 amide bonds. The Bertz CT molecular complexity index is 527. The highest BCUT2D eigenvalue weighted by Crippen LogP contribution is 2.34. The van der Waals surface area contributed by atoms with Gasteiger partial charge in [-0.2, -0.15) is 0 Å². The van der Waals surface area contributed by atoms with Crippen LogP contribution in [-0.4, -0.2) is 70.4 Å². The number of carbonyl (C=O) groups excluding carboxylic acids is 2. The minimum atomic E-state index is -0.777. The molecule has 2 saturated heterocycles. The van der Waals surface area contributed by atoms with Gasteiger partial charge in [0.15, 0.2) is 0 Å². The molecule has 0 saturated carbocycles. The summed E-state index contributed by atoms with van der Waals surface area (Å²) in [5.74, 6) is -0.389. The molecule has 2 N–H and O–H groups in total. The summed E-state index contributed by atoms with van der Waals surface area (Å²) in [7, 11) is 0. The second-order valence-corrected chi connectivity index (χ2v) is 8.02. The van der Waals surface area contributed by atoms with E-state index in [-0.39, 0.29) is 18.2 Å². The Morgan fingerprint density at radius 2 is 1.92 bits per heavy atom. The van der Waals surface area contributed by atoms with Crippen LogP contribution in [0.3, 0.4) is 0 Å². The van der Waals surface area contributed by atoms with E-state index in [2.05, 4.69) is 24.1 Å². The summed E-state index contributed by atoms with van der Waals surface area (Å²) in [5, 5.41) is 11.8. The lowest BCUT2D eigenvalue weighted by molar-refractivity contribution is -0.161. The SMILES string of the molecule is CCCN1C(=O)C(CC(C)C)NC(=O)C12CCN(CCCC(=O)O)CC2. The van der Waals surface area contributed by atoms with Gasteiger partial charge in [0.25, 0.3) is 0 Å². The zero-order chi connectivity index (χ0) is 19.3. The number of hydrogen-bond acceptors (Lipinski definition) is 4. The van der Waals surface area contributed by atoms with Gasteiger partial charge in [0.05, 0.1) is 0 Å². The van der Waals surface area contributed by atoms with E-state index in [1.54, 1.807) is 0 Å². The van der Waals surface area contributed by atoms with Crippen molar-refractivity contribution in [3.05, 3.63) is 0 Å². The number of piperazine rings is 1. The maximum Gasteiger partial charge on any atom is 0.303 e. The van der Waals surface area contributed by atoms with Crippen LogP contribution in [0.2, 0.25) is 0 Å². The number of hydrogen-bond donors (Lipinski definition) is 2. The first-order valence-corrected chi connectivity index (χ1v) is 9.86. The third-order valence-corrected chi connectivity index (χ3v) is 5.51. The lowest BCUT2D eigenvalue weighted by atomic mass is 9.80. The number of likely N-dealkylation sites (tertiary alicyclic amines) is 1. The molecular formula is C19H33N3O4. The van der Waals surface area contributed by atoms with Gasteiger partial charge in [0, 0.05) is 26.1 Å². The first-order valence-electron chi connectivity index (χ1n) is 9.86. The Morgan fingerprint density at radius 1 is 1.27 bits per heavy atom. The number of amides is 2. The quantitative estimate of drug-likeness (QED) is 0.678. The van der Waals surface area contributed by atoms with Crippen molar-refractivity contribution in [2.45, 2.75) is 70.9 Å². The Labute approximate surface area is 156 Å². The number of nitrogens with zero attached hydrogens (tertiary/aromatic N) is 2. The van der Waals surface area contributed by atoms with Crippen molar-refractivity contribution in [2.24, 2.45) is 5.92 Å². The van der Waals surface area contributed by atoms with Crippen LogP contribution in [0, 0.1) is 5.92 Å². The van der Waals surface area contributed by atoms with Crippen LogP contribution in [0.15, 0.2) is 0 Å². The summed E-state index contributed by atoms with van der Waals surface area (Å²) < 4.78 is 0. The number of carbonyl (C=O) groups is 3. The second kappa shape index (κ2) is 8.84. The lowest BCUT2D eigenvalue weighted by Gasteiger charge is -2.52. The summed E-state index contributed by atoms with van der Waals surface area (Å²) in [4.78, 5) is 40.7. The molecule has 2 rings (SSSR count). The van der Waals surface area contributed by atoms with Gasteiger partial charge in [0.2, 0.25) is 11.8 Å². The lowest BCUT2D eigenvalue weighted by Crippen LogP contribution is -2.73. The van der Waals surface area contributed by atoms with Crippen LogP contribution in [-0.2, 0) is 14.4 Å². The fraction of sp³-hybridized carbons (Fsp3) is 0.842. The predicted octanol–water partition coefficient (Wildman–Crippen LogP) is 1.47. The van der Waals surface area contributed by atoms with Gasteiger partial charge < -0.3 is 20.2 Å². The molecule has 0 aromatic heterocycles. The molecule has 2 aliphatic rings. The summed E-state index contributed by atoms with van der Waals surface area (Å²) >= 11 is 0. The molecule has 1 unspecified atom stereocenters. The van der Waals surface area contributed by atoms with Crippen LogP contribution < -0.4 is 5.32 Å². The zero-order valence-electron chi connectivity index (χ0n) is 16.3. The first-order chi connectivity index (χ1) is 12.3. The van der Waals surface area contributed by atoms with Gasteiger partial charge in [-0.05, 0) is 44.6 Å². The van der Waals surface area contributed by atoms with Gasteiger partial charge in [-0.25, -0.2) is 0 Å². The summed E-state index contributed by atoms with van der Waals surface area (Å²) in [6.45, 7) is 8.92. The van der Waals surface area contributed by atoms with Gasteiger partial charge in [-0.3, -0.25) is 14.4 Å². The number of carboxylic acids is 1. The van der Waals surface area contributed by atoms with Gasteiger partial charge in [-0.1, -0.05) is 20.8 Å². The van der Waals surface area contributed by atoms with Crippen LogP contribution in [0.4, 0.5) is 0 Å². The molecule has 26 heavy (non-hydrogen) atoms. The number of aliphatic carboxylic acids is 1. The summed E-state index contributed by atoms with van der Waals surface area (Å²) in [5.41, 5.74) is -0.732. The highest BCUT2D eigenvalue weighted by molar-refractivity contribution is 6.00. The van der Waals surface area contributed by atoms with Crippen molar-refractivity contribution >= 4 is 17.8 Å². The van der Waals surface area contributed by atoms with Crippen molar-refractivity contribution in [1.82, 2.24) is 15.1 Å². The Kier molecular flexibility index (Phi) is 7.03. The highest BCUT2D eigenvalue weighted by atomic mass is 16.4. The third-order valence-electron chi connectivity index (χ3n) is 5.51. The van der Waals surface area contributed by atoms with Crippen molar-refractivity contribution in [3.63, 3.8) is 0 Å². The minimum Gasteiger partial charge on any atom is -0.481 e. The first kappa shape index (κ1) is 20.7. The number of piperidine rings is 1. The van der Waals surface area contributed by atoms with E-state index in [9.17, 15) is 14.4 Å². The topological polar surface area (TPSA) is 90.0 Å². The van der Waals surface area contributed by atoms with Crippen LogP contribution in [0.1, 0.15) is 59.3 Å². The van der Waals surface area contributed by atoms with Crippen molar-refractivity contribution in [1.29, 1.82) is 0 Å². The number of carboxylic acid groups (broad SMARTS) is 1. The largest absolute Gasteiger partial charge is 0.481 e. The van der Waals surface area contributed by atoms with Gasteiger partial charge in [0.1, 0.15) is 11.6 Å². The van der Waals surface area contributed by atoms with E-state index in [0.29, 0.717) is 38.1 Å². The highest BCUT2D eigenvalue weighted by Gasteiger charge is 2.53. The molecule has 0 aromatic rings. The predicted molar refractivity (Wildman–Crippen MR) is 98.7 cm³/mol. The van der Waals surface area contributed by atoms with Gasteiger partial charge in [-0.15, -0.1) is 0 Å². The van der Waals surface area contributed by atoms with E-state index in [4.69, 9.17) is 5.11 Å². The fourth-order valence-corrected chi connectivity index (χ4v) is 4.15. The van der Waals surface area contributed by atoms with Crippen molar-refractivity contribution < 1.29 is 19.5 Å². The number of nitrogens with one attached hydrogen (secondary N) is 1. The Balaban J connectivity index is 2.05. The minimum absolute atomic E-state index is 0.0126. The third kappa shape index (κ3) is 4.55.